The van der Waals surface area contributed by atoms with Gasteiger partial charge in [0.05, 0.1) is 5.56 Å². The lowest BCUT2D eigenvalue weighted by Gasteiger charge is -2.24. The molecule has 2 heterocycles. The fraction of sp³-hybridized carbons (Fsp3) is 0.217. The number of hydrogen-bond donors (Lipinski definition) is 1. The van der Waals surface area contributed by atoms with E-state index in [0.717, 1.165) is 16.8 Å². The van der Waals surface area contributed by atoms with Crippen molar-refractivity contribution in [3.63, 3.8) is 0 Å². The molecule has 11 nitrogen and oxygen atoms in total. The minimum absolute atomic E-state index is 0.0916. The summed E-state index contributed by atoms with van der Waals surface area (Å²) in [5.41, 5.74) is 5.31. The Morgan fingerprint density at radius 3 is 2.31 bits per heavy atom. The molecule has 1 saturated heterocycles. The molecule has 0 bridgehead atoms. The van der Waals surface area contributed by atoms with Crippen molar-refractivity contribution in [3.8, 4) is 0 Å². The first-order valence-corrected chi connectivity index (χ1v) is 10.4. The number of carbonyl (C=O) groups excluding carboxylic acids is 2. The Labute approximate surface area is 196 Å². The fourth-order valence-electron chi connectivity index (χ4n) is 3.75. The summed E-state index contributed by atoms with van der Waals surface area (Å²) in [5.74, 6) is -1.54. The first-order valence-electron chi connectivity index (χ1n) is 10.4. The van der Waals surface area contributed by atoms with Gasteiger partial charge < -0.3 is 9.47 Å². The van der Waals surface area contributed by atoms with Crippen molar-refractivity contribution in [3.05, 3.63) is 115 Å². The van der Waals surface area contributed by atoms with Crippen molar-refractivity contribution in [1.29, 1.82) is 0 Å². The van der Waals surface area contributed by atoms with Crippen molar-refractivity contribution < 1.29 is 23.5 Å². The third-order valence-corrected chi connectivity index (χ3v) is 5.43. The van der Waals surface area contributed by atoms with Crippen molar-refractivity contribution in [2.24, 2.45) is 5.11 Å². The molecule has 1 aromatic heterocycles. The summed E-state index contributed by atoms with van der Waals surface area (Å²) < 4.78 is 27.8. The van der Waals surface area contributed by atoms with Crippen molar-refractivity contribution >= 4 is 11.8 Å². The van der Waals surface area contributed by atoms with Crippen LogP contribution in [0.2, 0.25) is 0 Å². The summed E-state index contributed by atoms with van der Waals surface area (Å²) in [6, 6.07) is 16.5. The zero-order valence-electron chi connectivity index (χ0n) is 18.0. The molecule has 4 atom stereocenters. The van der Waals surface area contributed by atoms with Gasteiger partial charge in [0.1, 0.15) is 0 Å². The Kier molecular flexibility index (Phi) is 6.58. The molecule has 1 aliphatic heterocycles. The van der Waals surface area contributed by atoms with Crippen LogP contribution < -0.4 is 11.2 Å². The maximum Gasteiger partial charge on any atom is 0.338 e. The van der Waals surface area contributed by atoms with Gasteiger partial charge in [-0.25, -0.2) is 14.0 Å². The number of nitrogens with zero attached hydrogens (tertiary/aromatic N) is 4. The summed E-state index contributed by atoms with van der Waals surface area (Å²) in [7, 11) is 0. The van der Waals surface area contributed by atoms with E-state index in [4.69, 9.17) is 15.0 Å². The van der Waals surface area contributed by atoms with Crippen LogP contribution in [0.5, 0.6) is 0 Å². The molecule has 1 N–H and O–H groups in total. The van der Waals surface area contributed by atoms with Gasteiger partial charge in [0.2, 0.25) is 0 Å². The second-order valence-electron chi connectivity index (χ2n) is 7.66. The molecule has 3 aromatic rings. The number of alkyl halides is 1. The number of hydrogen-bond acceptors (Lipinski definition) is 7. The topological polar surface area (TPSA) is 156 Å². The second-order valence-corrected chi connectivity index (χ2v) is 7.66. The van der Waals surface area contributed by atoms with Gasteiger partial charge in [-0.15, -0.1) is 0 Å². The van der Waals surface area contributed by atoms with E-state index < -0.39 is 53.7 Å². The molecule has 0 spiro atoms. The van der Waals surface area contributed by atoms with Gasteiger partial charge in [-0.1, -0.05) is 53.6 Å². The summed E-state index contributed by atoms with van der Waals surface area (Å²) in [6.45, 7) is 0. The number of ketones is 1. The van der Waals surface area contributed by atoms with Crippen LogP contribution in [0, 0.1) is 0 Å². The Morgan fingerprint density at radius 2 is 1.71 bits per heavy atom. The van der Waals surface area contributed by atoms with Crippen molar-refractivity contribution in [2.75, 3.05) is 0 Å². The van der Waals surface area contributed by atoms with Gasteiger partial charge in [-0.2, -0.15) is 0 Å². The summed E-state index contributed by atoms with van der Waals surface area (Å²) in [5, 5.41) is 3.44. The van der Waals surface area contributed by atoms with Crippen molar-refractivity contribution in [1.82, 2.24) is 9.55 Å². The number of esters is 1. The van der Waals surface area contributed by atoms with Crippen LogP contribution in [0.1, 0.15) is 33.4 Å². The molecular formula is C23H18FN5O6. The number of Topliss-reactive ketones (excluding diaryl/α,β-unsaturated/α-hetero) is 1. The van der Waals surface area contributed by atoms with E-state index in [0.29, 0.717) is 0 Å². The smallest absolute Gasteiger partial charge is 0.338 e. The molecule has 1 aliphatic rings. The third kappa shape index (κ3) is 4.74. The van der Waals surface area contributed by atoms with E-state index in [1.165, 1.54) is 24.3 Å². The fourth-order valence-corrected chi connectivity index (χ4v) is 3.75. The number of carbonyl (C=O) groups is 2. The predicted molar refractivity (Wildman–Crippen MR) is 119 cm³/mol. The lowest BCUT2D eigenvalue weighted by molar-refractivity contribution is -0.0942. The van der Waals surface area contributed by atoms with Gasteiger partial charge in [-0.05, 0) is 17.7 Å². The number of rotatable bonds is 7. The zero-order valence-corrected chi connectivity index (χ0v) is 18.0. The van der Waals surface area contributed by atoms with E-state index in [1.807, 2.05) is 4.98 Å². The zero-order chi connectivity index (χ0) is 25.0. The monoisotopic (exact) mass is 479 g/mol. The second kappa shape index (κ2) is 9.75. The number of H-pyrrole nitrogens is 1. The highest BCUT2D eigenvalue weighted by Gasteiger charge is 2.59. The number of ether oxygens (including phenoxy) is 2. The molecule has 0 saturated carbocycles. The normalized spacial score (nSPS) is 23.3. The highest BCUT2D eigenvalue weighted by Crippen LogP contribution is 2.44. The lowest BCUT2D eigenvalue weighted by atomic mass is 9.96. The van der Waals surface area contributed by atoms with Gasteiger partial charge >= 0.3 is 11.7 Å². The minimum atomic E-state index is -2.44. The molecule has 12 heteroatoms. The maximum absolute atomic E-state index is 16.0. The van der Waals surface area contributed by atoms with Gasteiger partial charge in [0.15, 0.2) is 30.0 Å². The molecule has 0 radical (unpaired) electrons. The predicted octanol–water partition coefficient (Wildman–Crippen LogP) is 2.91. The number of nitrogens with one attached hydrogen (secondary N) is 1. The Bertz CT molecular complexity index is 1400. The number of azide groups is 1. The third-order valence-electron chi connectivity index (χ3n) is 5.43. The molecule has 0 aliphatic carbocycles. The first-order chi connectivity index (χ1) is 16.8. The van der Waals surface area contributed by atoms with Gasteiger partial charge in [-0.3, -0.25) is 19.1 Å². The molecule has 0 amide bonds. The van der Waals surface area contributed by atoms with Crippen LogP contribution in [0.3, 0.4) is 0 Å². The van der Waals surface area contributed by atoms with Gasteiger partial charge in [0.25, 0.3) is 5.56 Å². The highest BCUT2D eigenvalue weighted by molar-refractivity contribution is 5.96. The largest absolute Gasteiger partial charge is 0.451 e. The quantitative estimate of drug-likeness (QED) is 0.181. The molecule has 35 heavy (non-hydrogen) atoms. The number of halogens is 1. The van der Waals surface area contributed by atoms with E-state index in [2.05, 4.69) is 10.0 Å². The summed E-state index contributed by atoms with van der Waals surface area (Å²) >= 11 is 0. The standard InChI is InChI=1S/C23H18FN5O6/c24-19-18(34-21(32)15-9-5-2-6-10-15)20(29-12-11-17(31)26-22(29)33)35-23(19,27-28-25)13-16(30)14-7-3-1-4-8-14/h1-12,18-20H,13H2,(H,26,31,33). The van der Waals surface area contributed by atoms with Crippen LogP contribution in [-0.4, -0.2) is 39.3 Å². The van der Waals surface area contributed by atoms with Gasteiger partial charge in [0, 0.05) is 29.2 Å². The Balaban J connectivity index is 1.76. The first kappa shape index (κ1) is 23.6. The maximum atomic E-state index is 16.0. The lowest BCUT2D eigenvalue weighted by Crippen LogP contribution is -2.42. The van der Waals surface area contributed by atoms with Crippen LogP contribution in [0.25, 0.3) is 10.4 Å². The van der Waals surface area contributed by atoms with E-state index >= 15 is 4.39 Å². The average molecular weight is 479 g/mol. The molecule has 2 aromatic carbocycles. The van der Waals surface area contributed by atoms with Crippen LogP contribution in [0.15, 0.2) is 87.6 Å². The molecule has 4 rings (SSSR count). The molecule has 1 fully saturated rings. The Morgan fingerprint density at radius 1 is 1.09 bits per heavy atom. The number of benzene rings is 2. The highest BCUT2D eigenvalue weighted by atomic mass is 19.1. The van der Waals surface area contributed by atoms with Crippen LogP contribution in [0.4, 0.5) is 4.39 Å². The van der Waals surface area contributed by atoms with Crippen molar-refractivity contribution in [2.45, 2.75) is 30.6 Å². The Hall–Kier alpha value is -4.54. The van der Waals surface area contributed by atoms with E-state index in [9.17, 15) is 19.2 Å². The van der Waals surface area contributed by atoms with Crippen LogP contribution >= 0.6 is 0 Å². The van der Waals surface area contributed by atoms with Crippen LogP contribution in [-0.2, 0) is 9.47 Å². The number of aromatic amines is 1. The molecule has 4 unspecified atom stereocenters. The molecular weight excluding hydrogens is 461 g/mol. The van der Waals surface area contributed by atoms with E-state index in [-0.39, 0.29) is 11.1 Å². The SMILES string of the molecule is [N-]=[N+]=NC1(CC(=O)c2ccccc2)OC(n2ccc(=O)[nH]c2=O)C(OC(=O)c2ccccc2)C1F. The molecule has 178 valence electrons. The summed E-state index contributed by atoms with van der Waals surface area (Å²) in [4.78, 5) is 54.2. The average Bonchev–Trinajstić information content (AvgIpc) is 3.11. The minimum Gasteiger partial charge on any atom is -0.451 e. The van der Waals surface area contributed by atoms with E-state index in [1.54, 1.807) is 36.4 Å². The summed E-state index contributed by atoms with van der Waals surface area (Å²) in [6.07, 6.45) is -5.53. The number of aromatic nitrogens is 2.